The number of nitrogens with zero attached hydrogens (tertiary/aromatic N) is 1. The van der Waals surface area contributed by atoms with Gasteiger partial charge in [-0.2, -0.15) is 0 Å². The van der Waals surface area contributed by atoms with Crippen molar-refractivity contribution >= 4 is 28.3 Å². The van der Waals surface area contributed by atoms with Crippen LogP contribution in [0.3, 0.4) is 0 Å². The molecule has 2 atom stereocenters. The minimum Gasteiger partial charge on any atom is -0.544 e. The summed E-state index contributed by atoms with van der Waals surface area (Å²) >= 11 is 0. The summed E-state index contributed by atoms with van der Waals surface area (Å²) in [5.41, 5.74) is 6.39. The first-order valence-electron chi connectivity index (χ1n) is 8.60. The fourth-order valence-electron chi connectivity index (χ4n) is 4.22. The van der Waals surface area contributed by atoms with Crippen LogP contribution in [-0.2, 0) is 4.79 Å². The number of amides is 1. The molecule has 0 radical (unpaired) electrons. The fourth-order valence-corrected chi connectivity index (χ4v) is 4.22. The van der Waals surface area contributed by atoms with Crippen LogP contribution in [0.4, 0.5) is 5.69 Å². The number of anilines is 1. The van der Waals surface area contributed by atoms with E-state index in [1.807, 2.05) is 45.0 Å². The Morgan fingerprint density at radius 1 is 1.16 bits per heavy atom. The van der Waals surface area contributed by atoms with Crippen molar-refractivity contribution in [2.75, 3.05) is 12.3 Å². The molecule has 2 aromatic carbocycles. The minimum atomic E-state index is -1.17. The lowest BCUT2D eigenvalue weighted by Crippen LogP contribution is -2.69. The molecule has 1 unspecified atom stereocenters. The highest BCUT2D eigenvalue weighted by Crippen LogP contribution is 2.40. The summed E-state index contributed by atoms with van der Waals surface area (Å²) in [6, 6.07) is 10.4. The average Bonchev–Trinajstić information content (AvgIpc) is 2.99. The van der Waals surface area contributed by atoms with Gasteiger partial charge in [0.15, 0.2) is 0 Å². The lowest BCUT2D eigenvalue weighted by Gasteiger charge is -2.47. The van der Waals surface area contributed by atoms with Crippen LogP contribution in [0.1, 0.15) is 44.0 Å². The van der Waals surface area contributed by atoms with Gasteiger partial charge in [-0.1, -0.05) is 24.3 Å². The molecular weight excluding hydrogens is 316 g/mol. The molecule has 1 heterocycles. The van der Waals surface area contributed by atoms with Gasteiger partial charge in [-0.15, -0.1) is 0 Å². The van der Waals surface area contributed by atoms with Crippen molar-refractivity contribution in [3.8, 4) is 0 Å². The first-order chi connectivity index (χ1) is 11.7. The highest BCUT2D eigenvalue weighted by molar-refractivity contribution is 6.01. The molecule has 0 aromatic heterocycles. The van der Waals surface area contributed by atoms with E-state index in [-0.39, 0.29) is 10.4 Å². The number of carbonyl (C=O) groups excluding carboxylic acids is 2. The molecule has 2 N–H and O–H groups in total. The lowest BCUT2D eigenvalue weighted by atomic mass is 9.95. The Labute approximate surface area is 147 Å². The van der Waals surface area contributed by atoms with Crippen LogP contribution in [0.25, 0.3) is 10.8 Å². The molecule has 0 saturated carbocycles. The van der Waals surface area contributed by atoms with E-state index < -0.39 is 17.6 Å². The normalized spacial score (nSPS) is 23.7. The van der Waals surface area contributed by atoms with Gasteiger partial charge in [-0.25, -0.2) is 9.28 Å². The zero-order valence-corrected chi connectivity index (χ0v) is 14.9. The zero-order valence-electron chi connectivity index (χ0n) is 14.9. The molecule has 0 spiro atoms. The van der Waals surface area contributed by atoms with Crippen LogP contribution >= 0.6 is 0 Å². The second-order valence-electron chi connectivity index (χ2n) is 7.83. The number of rotatable bonds is 2. The molecule has 3 rings (SSSR count). The number of carbonyl (C=O) groups is 2. The summed E-state index contributed by atoms with van der Waals surface area (Å²) in [5, 5.41) is 13.7. The van der Waals surface area contributed by atoms with Crippen LogP contribution in [0, 0.1) is 0 Å². The van der Waals surface area contributed by atoms with Gasteiger partial charge in [-0.3, -0.25) is 0 Å². The number of fused-ring (bicyclic) bond motifs is 1. The number of carboxylic acid groups (broad SMARTS) is 1. The predicted molar refractivity (Wildman–Crippen MR) is 95.6 cm³/mol. The van der Waals surface area contributed by atoms with Gasteiger partial charge in [0.25, 0.3) is 0 Å². The fraction of sp³-hybridized carbons (Fsp3) is 0.400. The van der Waals surface area contributed by atoms with Gasteiger partial charge in [-0.05, 0) is 43.7 Å². The highest BCUT2D eigenvalue weighted by atomic mass is 16.4. The van der Waals surface area contributed by atoms with Gasteiger partial charge in [0, 0.05) is 18.5 Å². The molecule has 2 aromatic rings. The van der Waals surface area contributed by atoms with E-state index in [1.165, 1.54) is 0 Å². The molecule has 132 valence electrons. The largest absolute Gasteiger partial charge is 0.544 e. The van der Waals surface area contributed by atoms with Crippen molar-refractivity contribution in [2.24, 2.45) is 0 Å². The number of carboxylic acids is 1. The highest BCUT2D eigenvalue weighted by Gasteiger charge is 2.56. The minimum absolute atomic E-state index is 0.155. The first-order valence-corrected chi connectivity index (χ1v) is 8.60. The second kappa shape index (κ2) is 5.85. The van der Waals surface area contributed by atoms with Crippen molar-refractivity contribution in [3.05, 3.63) is 42.0 Å². The Bertz CT molecular complexity index is 854. The number of hydrogen-bond acceptors (Lipinski definition) is 4. The van der Waals surface area contributed by atoms with Gasteiger partial charge >= 0.3 is 5.91 Å². The number of benzene rings is 2. The van der Waals surface area contributed by atoms with Crippen LogP contribution in [0.15, 0.2) is 36.4 Å². The van der Waals surface area contributed by atoms with Gasteiger partial charge in [0.2, 0.25) is 0 Å². The SMILES string of the molecule is CC(C)(C)[N+]1(C(=O)c2cc3ccccc3cc2N)CCC[C@@H]1C(=O)[O-]. The Morgan fingerprint density at radius 2 is 1.76 bits per heavy atom. The van der Waals surface area contributed by atoms with Gasteiger partial charge in [0.1, 0.15) is 11.6 Å². The molecule has 5 nitrogen and oxygen atoms in total. The summed E-state index contributed by atoms with van der Waals surface area (Å²) in [6.07, 6.45) is 1.12. The summed E-state index contributed by atoms with van der Waals surface area (Å²) < 4.78 is -0.155. The smallest absolute Gasteiger partial charge is 0.348 e. The van der Waals surface area contributed by atoms with E-state index in [0.29, 0.717) is 30.6 Å². The maximum Gasteiger partial charge on any atom is 0.348 e. The van der Waals surface area contributed by atoms with Gasteiger partial charge in [0.05, 0.1) is 18.1 Å². The molecule has 1 amide bonds. The quantitative estimate of drug-likeness (QED) is 0.670. The molecule has 1 fully saturated rings. The van der Waals surface area contributed by atoms with E-state index in [0.717, 1.165) is 10.8 Å². The van der Waals surface area contributed by atoms with E-state index in [1.54, 1.807) is 12.1 Å². The monoisotopic (exact) mass is 340 g/mol. The first kappa shape index (κ1) is 17.4. The average molecular weight is 340 g/mol. The Morgan fingerprint density at radius 3 is 2.32 bits per heavy atom. The van der Waals surface area contributed by atoms with Crippen molar-refractivity contribution in [2.45, 2.75) is 45.2 Å². The molecule has 1 aliphatic heterocycles. The summed E-state index contributed by atoms with van der Waals surface area (Å²) in [7, 11) is 0. The molecule has 1 saturated heterocycles. The summed E-state index contributed by atoms with van der Waals surface area (Å²) in [6.45, 7) is 6.20. The van der Waals surface area contributed by atoms with Crippen molar-refractivity contribution < 1.29 is 19.2 Å². The number of nitrogen functional groups attached to an aromatic ring is 1. The third-order valence-electron chi connectivity index (χ3n) is 5.50. The Kier molecular flexibility index (Phi) is 4.07. The topological polar surface area (TPSA) is 83.2 Å². The van der Waals surface area contributed by atoms with E-state index in [2.05, 4.69) is 0 Å². The maximum atomic E-state index is 13.6. The van der Waals surface area contributed by atoms with E-state index >= 15 is 0 Å². The lowest BCUT2D eigenvalue weighted by molar-refractivity contribution is -0.901. The molecule has 5 heteroatoms. The number of nitrogens with two attached hydrogens (primary N) is 1. The summed E-state index contributed by atoms with van der Waals surface area (Å²) in [5.74, 6) is -1.40. The van der Waals surface area contributed by atoms with Crippen LogP contribution in [0.2, 0.25) is 0 Å². The number of quaternary nitrogens is 1. The number of hydrogen-bond donors (Lipinski definition) is 1. The molecule has 25 heavy (non-hydrogen) atoms. The molecule has 0 bridgehead atoms. The maximum absolute atomic E-state index is 13.6. The Hall–Kier alpha value is -2.40. The van der Waals surface area contributed by atoms with Gasteiger partial charge < -0.3 is 15.6 Å². The number of likely N-dealkylation sites (tertiary alicyclic amines) is 1. The van der Waals surface area contributed by atoms with Crippen LogP contribution in [-0.4, -0.2) is 34.5 Å². The Balaban J connectivity index is 2.20. The van der Waals surface area contributed by atoms with E-state index in [4.69, 9.17) is 5.73 Å². The van der Waals surface area contributed by atoms with Crippen molar-refractivity contribution in [1.82, 2.24) is 0 Å². The predicted octanol–water partition coefficient (Wildman–Crippen LogP) is 2.09. The van der Waals surface area contributed by atoms with Crippen molar-refractivity contribution in [1.29, 1.82) is 0 Å². The van der Waals surface area contributed by atoms with Crippen LogP contribution < -0.4 is 10.8 Å². The standard InChI is InChI=1S/C20H24N2O3/c1-20(2,3)22(10-6-9-17(22)19(24)25)18(23)15-11-13-7-4-5-8-14(13)12-16(15)21/h4-5,7-8,11-12,17H,6,9-10H2,1-3H3,(H2-,21,23,24,25)/t17-,22?/m1/s1. The summed E-state index contributed by atoms with van der Waals surface area (Å²) in [4.78, 5) is 25.4. The molecule has 1 aliphatic rings. The van der Waals surface area contributed by atoms with Crippen molar-refractivity contribution in [3.63, 3.8) is 0 Å². The van der Waals surface area contributed by atoms with Crippen LogP contribution in [0.5, 0.6) is 0 Å². The third-order valence-corrected chi connectivity index (χ3v) is 5.50. The third kappa shape index (κ3) is 2.59. The molecule has 0 aliphatic carbocycles. The van der Waals surface area contributed by atoms with E-state index in [9.17, 15) is 14.7 Å². The molecular formula is C20H24N2O3. The number of aliphatic carboxylic acids is 1. The second-order valence-corrected chi connectivity index (χ2v) is 7.83. The zero-order chi connectivity index (χ0) is 18.4.